The van der Waals surface area contributed by atoms with Gasteiger partial charge in [0.25, 0.3) is 0 Å². The lowest BCUT2D eigenvalue weighted by molar-refractivity contribution is -0.0583. The van der Waals surface area contributed by atoms with E-state index in [-0.39, 0.29) is 34.3 Å². The van der Waals surface area contributed by atoms with Crippen molar-refractivity contribution in [1.29, 1.82) is 0 Å². The van der Waals surface area contributed by atoms with E-state index < -0.39 is 0 Å². The Kier molecular flexibility index (Phi) is 2.07. The fourth-order valence-corrected chi connectivity index (χ4v) is 5.51. The second kappa shape index (κ2) is 3.65. The maximum absolute atomic E-state index is 12.6. The minimum atomic E-state index is -0.194. The van der Waals surface area contributed by atoms with Gasteiger partial charge in [0.05, 0.1) is 12.1 Å². The van der Waals surface area contributed by atoms with Gasteiger partial charge in [-0.1, -0.05) is 49.3 Å². The smallest absolute Gasteiger partial charge is 0.246 e. The molecule has 2 bridgehead atoms. The third-order valence-electron chi connectivity index (χ3n) is 6.45. The Bertz CT molecular complexity index is 811. The third-order valence-corrected chi connectivity index (χ3v) is 6.45. The van der Waals surface area contributed by atoms with Crippen LogP contribution in [0, 0.1) is 10.8 Å². The molecule has 5 heteroatoms. The Morgan fingerprint density at radius 2 is 1.36 bits per heavy atom. The van der Waals surface area contributed by atoms with Crippen LogP contribution in [0.4, 0.5) is 0 Å². The molecular formula is C17H19N3O2. The SMILES string of the molecule is Cn1c(=O)n2n(c1=O)C1C=CC2C23C=CC=CC12CCCC3. The molecule has 6 rings (SSSR count). The number of aromatic nitrogens is 3. The molecule has 2 aliphatic heterocycles. The van der Waals surface area contributed by atoms with Gasteiger partial charge in [-0.05, 0) is 12.8 Å². The topological polar surface area (TPSA) is 48.9 Å². The molecule has 1 saturated carbocycles. The first-order valence-electron chi connectivity index (χ1n) is 8.08. The predicted molar refractivity (Wildman–Crippen MR) is 82.8 cm³/mol. The minimum Gasteiger partial charge on any atom is -0.246 e. The van der Waals surface area contributed by atoms with E-state index in [1.54, 1.807) is 16.4 Å². The number of nitrogens with zero attached hydrogens (tertiary/aromatic N) is 3. The van der Waals surface area contributed by atoms with Crippen LogP contribution in [0.2, 0.25) is 0 Å². The summed E-state index contributed by atoms with van der Waals surface area (Å²) in [6.45, 7) is 0. The van der Waals surface area contributed by atoms with E-state index in [0.29, 0.717) is 0 Å². The lowest BCUT2D eigenvalue weighted by atomic mass is 9.46. The van der Waals surface area contributed by atoms with Crippen LogP contribution in [-0.4, -0.2) is 13.9 Å². The molecule has 3 heterocycles. The highest BCUT2D eigenvalue weighted by molar-refractivity contribution is 5.38. The molecule has 114 valence electrons. The fraction of sp³-hybridized carbons (Fsp3) is 0.529. The quantitative estimate of drug-likeness (QED) is 0.684. The number of hydrogen-bond donors (Lipinski definition) is 0. The number of rotatable bonds is 0. The summed E-state index contributed by atoms with van der Waals surface area (Å²) in [7, 11) is 1.58. The van der Waals surface area contributed by atoms with Crippen molar-refractivity contribution >= 4 is 0 Å². The summed E-state index contributed by atoms with van der Waals surface area (Å²) >= 11 is 0. The normalized spacial score (nSPS) is 40.4. The Labute approximate surface area is 127 Å². The van der Waals surface area contributed by atoms with Crippen molar-refractivity contribution in [2.45, 2.75) is 37.8 Å². The molecule has 5 nitrogen and oxygen atoms in total. The van der Waals surface area contributed by atoms with Crippen molar-refractivity contribution in [3.63, 3.8) is 0 Å². The first-order chi connectivity index (χ1) is 10.6. The summed E-state index contributed by atoms with van der Waals surface area (Å²) in [5.41, 5.74) is -0.504. The Hall–Kier alpha value is -2.04. The fourth-order valence-electron chi connectivity index (χ4n) is 5.51. The average Bonchev–Trinajstić information content (AvgIpc) is 2.80. The molecule has 4 atom stereocenters. The predicted octanol–water partition coefficient (Wildman–Crippen LogP) is 1.69. The standard InChI is InChI=1S/C17H19N3O2/c1-18-14(21)19-12-6-7-13(20(19)15(18)22)17-9-3-2-8-16(12,17)10-4-5-11-17/h2-3,6-9,12-13H,4-5,10-11H2,1H3. The van der Waals surface area contributed by atoms with Crippen molar-refractivity contribution < 1.29 is 0 Å². The molecule has 0 aromatic carbocycles. The molecule has 1 aromatic heterocycles. The Morgan fingerprint density at radius 3 is 1.82 bits per heavy atom. The summed E-state index contributed by atoms with van der Waals surface area (Å²) in [6.07, 6.45) is 17.7. The largest absolute Gasteiger partial charge is 0.347 e. The van der Waals surface area contributed by atoms with Gasteiger partial charge in [-0.2, -0.15) is 0 Å². The molecule has 3 aliphatic carbocycles. The van der Waals surface area contributed by atoms with Gasteiger partial charge in [-0.15, -0.1) is 0 Å². The molecule has 22 heavy (non-hydrogen) atoms. The maximum Gasteiger partial charge on any atom is 0.347 e. The second-order valence-electron chi connectivity index (χ2n) is 7.09. The third kappa shape index (κ3) is 1.06. The van der Waals surface area contributed by atoms with Crippen molar-refractivity contribution in [1.82, 2.24) is 13.9 Å². The molecule has 4 unspecified atom stereocenters. The van der Waals surface area contributed by atoms with Gasteiger partial charge in [0.1, 0.15) is 0 Å². The van der Waals surface area contributed by atoms with E-state index in [2.05, 4.69) is 36.5 Å². The van der Waals surface area contributed by atoms with Crippen LogP contribution in [0.15, 0.2) is 46.0 Å². The zero-order valence-corrected chi connectivity index (χ0v) is 12.6. The first kappa shape index (κ1) is 12.5. The van der Waals surface area contributed by atoms with Crippen LogP contribution in [0.3, 0.4) is 0 Å². The monoisotopic (exact) mass is 297 g/mol. The average molecular weight is 297 g/mol. The van der Waals surface area contributed by atoms with Gasteiger partial charge in [0.15, 0.2) is 0 Å². The van der Waals surface area contributed by atoms with Crippen molar-refractivity contribution in [2.75, 3.05) is 0 Å². The van der Waals surface area contributed by atoms with E-state index in [1.165, 1.54) is 17.4 Å². The molecule has 0 N–H and O–H groups in total. The van der Waals surface area contributed by atoms with Gasteiger partial charge in [0.2, 0.25) is 0 Å². The molecular weight excluding hydrogens is 278 g/mol. The summed E-state index contributed by atoms with van der Waals surface area (Å²) in [6, 6.07) is -0.110. The van der Waals surface area contributed by atoms with Gasteiger partial charge < -0.3 is 0 Å². The summed E-state index contributed by atoms with van der Waals surface area (Å²) < 4.78 is 4.66. The molecule has 0 spiro atoms. The molecule has 0 radical (unpaired) electrons. The Morgan fingerprint density at radius 1 is 0.909 bits per heavy atom. The summed E-state index contributed by atoms with van der Waals surface area (Å²) in [4.78, 5) is 25.2. The van der Waals surface area contributed by atoms with E-state index in [9.17, 15) is 9.59 Å². The van der Waals surface area contributed by atoms with Gasteiger partial charge in [0, 0.05) is 17.9 Å². The van der Waals surface area contributed by atoms with E-state index in [0.717, 1.165) is 12.8 Å². The molecule has 0 amide bonds. The molecule has 1 aromatic rings. The zero-order chi connectivity index (χ0) is 15.1. The van der Waals surface area contributed by atoms with Crippen molar-refractivity contribution in [2.24, 2.45) is 17.9 Å². The highest BCUT2D eigenvalue weighted by Gasteiger charge is 2.64. The maximum atomic E-state index is 12.6. The van der Waals surface area contributed by atoms with Gasteiger partial charge in [-0.25, -0.2) is 23.5 Å². The highest BCUT2D eigenvalue weighted by atomic mass is 16.2. The number of hydrogen-bond acceptors (Lipinski definition) is 2. The lowest BCUT2D eigenvalue weighted by Gasteiger charge is -2.63. The Balaban J connectivity index is 1.92. The van der Waals surface area contributed by atoms with Crippen LogP contribution < -0.4 is 11.4 Å². The van der Waals surface area contributed by atoms with Crippen LogP contribution in [-0.2, 0) is 7.05 Å². The van der Waals surface area contributed by atoms with E-state index >= 15 is 0 Å². The first-order valence-corrected chi connectivity index (χ1v) is 8.08. The summed E-state index contributed by atoms with van der Waals surface area (Å²) in [5.74, 6) is 0. The highest BCUT2D eigenvalue weighted by Crippen LogP contribution is 2.68. The molecule has 0 saturated heterocycles. The second-order valence-corrected chi connectivity index (χ2v) is 7.09. The van der Waals surface area contributed by atoms with Crippen molar-refractivity contribution in [3.05, 3.63) is 57.4 Å². The summed E-state index contributed by atoms with van der Waals surface area (Å²) in [5, 5.41) is 0. The van der Waals surface area contributed by atoms with Crippen LogP contribution in [0.1, 0.15) is 37.8 Å². The van der Waals surface area contributed by atoms with Gasteiger partial charge in [-0.3, -0.25) is 0 Å². The van der Waals surface area contributed by atoms with E-state index in [1.807, 2.05) is 0 Å². The van der Waals surface area contributed by atoms with Crippen LogP contribution in [0.5, 0.6) is 0 Å². The number of allylic oxidation sites excluding steroid dienone is 6. The van der Waals surface area contributed by atoms with Crippen LogP contribution in [0.25, 0.3) is 0 Å². The zero-order valence-electron chi connectivity index (χ0n) is 12.6. The van der Waals surface area contributed by atoms with E-state index in [4.69, 9.17) is 0 Å². The van der Waals surface area contributed by atoms with Crippen LogP contribution >= 0.6 is 0 Å². The minimum absolute atomic E-state index is 0.0552. The lowest BCUT2D eigenvalue weighted by Crippen LogP contribution is -2.62. The van der Waals surface area contributed by atoms with Gasteiger partial charge >= 0.3 is 11.4 Å². The molecule has 5 aliphatic rings. The molecule has 1 fully saturated rings. The van der Waals surface area contributed by atoms with Crippen molar-refractivity contribution in [3.8, 4) is 0 Å².